The fraction of sp³-hybridized carbons (Fsp3) is 0.538. The lowest BCUT2D eigenvalue weighted by Gasteiger charge is -2.23. The second kappa shape index (κ2) is 3.51. The second-order valence-corrected chi connectivity index (χ2v) is 4.93. The molecule has 1 nitrogen and oxygen atoms in total. The number of rotatable bonds is 2. The van der Waals surface area contributed by atoms with Gasteiger partial charge in [0.2, 0.25) is 0 Å². The van der Waals surface area contributed by atoms with Crippen LogP contribution in [0.1, 0.15) is 25.7 Å². The van der Waals surface area contributed by atoms with Crippen LogP contribution in [-0.4, -0.2) is 6.04 Å². The Morgan fingerprint density at radius 3 is 2.47 bits per heavy atom. The van der Waals surface area contributed by atoms with Gasteiger partial charge in [-0.1, -0.05) is 6.42 Å². The van der Waals surface area contributed by atoms with Gasteiger partial charge >= 0.3 is 0 Å². The van der Waals surface area contributed by atoms with Gasteiger partial charge < -0.3 is 5.32 Å². The molecule has 0 unspecified atom stereocenters. The van der Waals surface area contributed by atoms with E-state index in [0.29, 0.717) is 6.04 Å². The highest BCUT2D eigenvalue weighted by atomic mass is 19.1. The van der Waals surface area contributed by atoms with Crippen LogP contribution in [0.2, 0.25) is 0 Å². The topological polar surface area (TPSA) is 12.0 Å². The smallest absolute Gasteiger partial charge is 0.123 e. The van der Waals surface area contributed by atoms with Crippen LogP contribution in [0.15, 0.2) is 24.3 Å². The lowest BCUT2D eigenvalue weighted by Crippen LogP contribution is -2.25. The zero-order valence-corrected chi connectivity index (χ0v) is 8.75. The summed E-state index contributed by atoms with van der Waals surface area (Å²) < 4.78 is 12.7. The van der Waals surface area contributed by atoms with E-state index in [4.69, 9.17) is 0 Å². The minimum Gasteiger partial charge on any atom is -0.382 e. The highest BCUT2D eigenvalue weighted by Gasteiger charge is 2.39. The Hall–Kier alpha value is -1.05. The normalized spacial score (nSPS) is 33.3. The summed E-state index contributed by atoms with van der Waals surface area (Å²) in [6.07, 6.45) is 5.51. The van der Waals surface area contributed by atoms with Crippen LogP contribution in [0.3, 0.4) is 0 Å². The predicted molar refractivity (Wildman–Crippen MR) is 59.3 cm³/mol. The third kappa shape index (κ3) is 1.73. The van der Waals surface area contributed by atoms with Crippen molar-refractivity contribution in [1.82, 2.24) is 0 Å². The van der Waals surface area contributed by atoms with Crippen molar-refractivity contribution in [1.29, 1.82) is 0 Å². The Morgan fingerprint density at radius 2 is 1.87 bits per heavy atom. The van der Waals surface area contributed by atoms with Crippen LogP contribution in [0.25, 0.3) is 0 Å². The van der Waals surface area contributed by atoms with Crippen molar-refractivity contribution in [2.45, 2.75) is 31.7 Å². The molecule has 1 aromatic rings. The molecule has 3 atom stereocenters. The van der Waals surface area contributed by atoms with Crippen molar-refractivity contribution in [2.75, 3.05) is 5.32 Å². The molecule has 0 heterocycles. The molecule has 1 N–H and O–H groups in total. The molecule has 0 saturated heterocycles. The first-order valence-corrected chi connectivity index (χ1v) is 5.83. The quantitative estimate of drug-likeness (QED) is 0.780. The molecule has 2 bridgehead atoms. The summed E-state index contributed by atoms with van der Waals surface area (Å²) in [5.74, 6) is 1.65. The number of anilines is 1. The molecule has 0 aliphatic heterocycles. The molecule has 0 aromatic heterocycles. The zero-order chi connectivity index (χ0) is 10.3. The van der Waals surface area contributed by atoms with E-state index < -0.39 is 0 Å². The van der Waals surface area contributed by atoms with Crippen molar-refractivity contribution in [2.24, 2.45) is 11.8 Å². The van der Waals surface area contributed by atoms with E-state index in [9.17, 15) is 4.39 Å². The van der Waals surface area contributed by atoms with Gasteiger partial charge in [-0.25, -0.2) is 4.39 Å². The molecular formula is C13H16FN. The zero-order valence-electron chi connectivity index (χ0n) is 8.75. The summed E-state index contributed by atoms with van der Waals surface area (Å²) in [4.78, 5) is 0. The Kier molecular flexibility index (Phi) is 2.15. The van der Waals surface area contributed by atoms with Crippen molar-refractivity contribution < 1.29 is 4.39 Å². The summed E-state index contributed by atoms with van der Waals surface area (Å²) in [5, 5.41) is 3.53. The molecule has 2 saturated carbocycles. The second-order valence-electron chi connectivity index (χ2n) is 4.93. The van der Waals surface area contributed by atoms with Crippen LogP contribution < -0.4 is 5.32 Å². The van der Waals surface area contributed by atoms with Crippen LogP contribution in [0.5, 0.6) is 0 Å². The van der Waals surface area contributed by atoms with Crippen molar-refractivity contribution in [3.63, 3.8) is 0 Å². The van der Waals surface area contributed by atoms with Gasteiger partial charge in [-0.15, -0.1) is 0 Å². The largest absolute Gasteiger partial charge is 0.382 e. The third-order valence-corrected chi connectivity index (χ3v) is 3.93. The lowest BCUT2D eigenvalue weighted by atomic mass is 9.95. The summed E-state index contributed by atoms with van der Waals surface area (Å²) in [6.45, 7) is 0. The van der Waals surface area contributed by atoms with Gasteiger partial charge in [0.15, 0.2) is 0 Å². The number of fused-ring (bicyclic) bond motifs is 2. The summed E-state index contributed by atoms with van der Waals surface area (Å²) in [5.41, 5.74) is 1.06. The molecule has 1 aromatic carbocycles. The van der Waals surface area contributed by atoms with Crippen molar-refractivity contribution in [3.8, 4) is 0 Å². The molecule has 2 aliphatic carbocycles. The van der Waals surface area contributed by atoms with Gasteiger partial charge in [0.25, 0.3) is 0 Å². The molecule has 0 radical (unpaired) electrons. The van der Waals surface area contributed by atoms with Gasteiger partial charge in [0, 0.05) is 11.7 Å². The fourth-order valence-electron chi connectivity index (χ4n) is 3.18. The van der Waals surface area contributed by atoms with Gasteiger partial charge in [-0.05, 0) is 55.4 Å². The van der Waals surface area contributed by atoms with Crippen LogP contribution in [0, 0.1) is 17.7 Å². The first-order valence-electron chi connectivity index (χ1n) is 5.83. The number of benzene rings is 1. The number of halogens is 1. The molecule has 3 rings (SSSR count). The molecule has 2 fully saturated rings. The first kappa shape index (κ1) is 9.20. The molecule has 15 heavy (non-hydrogen) atoms. The van der Waals surface area contributed by atoms with Crippen LogP contribution >= 0.6 is 0 Å². The molecule has 2 heteroatoms. The highest BCUT2D eigenvalue weighted by molar-refractivity contribution is 5.44. The summed E-state index contributed by atoms with van der Waals surface area (Å²) >= 11 is 0. The molecule has 2 aliphatic rings. The molecular weight excluding hydrogens is 189 g/mol. The van der Waals surface area contributed by atoms with Crippen molar-refractivity contribution in [3.05, 3.63) is 30.1 Å². The Balaban J connectivity index is 1.68. The molecule has 0 spiro atoms. The fourth-order valence-corrected chi connectivity index (χ4v) is 3.18. The maximum atomic E-state index is 12.7. The Bertz CT molecular complexity index is 346. The first-order chi connectivity index (χ1) is 7.31. The molecule has 80 valence electrons. The average Bonchev–Trinajstić information content (AvgIpc) is 2.83. The van der Waals surface area contributed by atoms with E-state index >= 15 is 0 Å². The van der Waals surface area contributed by atoms with E-state index in [1.54, 1.807) is 0 Å². The van der Waals surface area contributed by atoms with E-state index in [1.165, 1.54) is 37.8 Å². The summed E-state index contributed by atoms with van der Waals surface area (Å²) in [6, 6.07) is 7.35. The molecule has 0 amide bonds. The minimum atomic E-state index is -0.159. The van der Waals surface area contributed by atoms with E-state index in [0.717, 1.165) is 17.5 Å². The number of hydrogen-bond donors (Lipinski definition) is 1. The van der Waals surface area contributed by atoms with Gasteiger partial charge in [-0.3, -0.25) is 0 Å². The van der Waals surface area contributed by atoms with Gasteiger partial charge in [0.05, 0.1) is 0 Å². The van der Waals surface area contributed by atoms with Crippen molar-refractivity contribution >= 4 is 5.69 Å². The minimum absolute atomic E-state index is 0.159. The highest BCUT2D eigenvalue weighted by Crippen LogP contribution is 2.45. The van der Waals surface area contributed by atoms with Gasteiger partial charge in [-0.2, -0.15) is 0 Å². The third-order valence-electron chi connectivity index (χ3n) is 3.93. The number of nitrogens with one attached hydrogen (secondary N) is 1. The Labute approximate surface area is 89.7 Å². The maximum absolute atomic E-state index is 12.7. The van der Waals surface area contributed by atoms with Crippen LogP contribution in [0.4, 0.5) is 10.1 Å². The maximum Gasteiger partial charge on any atom is 0.123 e. The van der Waals surface area contributed by atoms with Gasteiger partial charge in [0.1, 0.15) is 5.82 Å². The SMILES string of the molecule is Fc1ccc(N[C@H]2C[C@@H]3CC[C@H]2C3)cc1. The number of hydrogen-bond acceptors (Lipinski definition) is 1. The van der Waals surface area contributed by atoms with E-state index in [1.807, 2.05) is 12.1 Å². The van der Waals surface area contributed by atoms with E-state index in [-0.39, 0.29) is 5.82 Å². The monoisotopic (exact) mass is 205 g/mol. The predicted octanol–water partition coefficient (Wildman–Crippen LogP) is 3.43. The lowest BCUT2D eigenvalue weighted by molar-refractivity contribution is 0.440. The van der Waals surface area contributed by atoms with Crippen LogP contribution in [-0.2, 0) is 0 Å². The summed E-state index contributed by atoms with van der Waals surface area (Å²) in [7, 11) is 0. The average molecular weight is 205 g/mol. The Morgan fingerprint density at radius 1 is 1.07 bits per heavy atom. The van der Waals surface area contributed by atoms with E-state index in [2.05, 4.69) is 5.32 Å². The standard InChI is InChI=1S/C13H16FN/c14-11-3-5-12(6-4-11)15-13-8-9-1-2-10(13)7-9/h3-6,9-10,13,15H,1-2,7-8H2/t9-,10+,13+/m1/s1.